The number of unbranched alkanes of at least 4 members (excludes halogenated alkanes) is 4. The molecule has 1 aliphatic rings. The molecule has 2 N–H and O–H groups in total. The smallest absolute Gasteiger partial charge is 0.165 e. The van der Waals surface area contributed by atoms with Gasteiger partial charge in [0.05, 0.1) is 24.3 Å². The van der Waals surface area contributed by atoms with E-state index < -0.39 is 0 Å². The topological polar surface area (TPSA) is 90.0 Å². The van der Waals surface area contributed by atoms with Crippen molar-refractivity contribution in [1.29, 1.82) is 0 Å². The summed E-state index contributed by atoms with van der Waals surface area (Å²) in [5, 5.41) is 2.93. The maximum atomic E-state index is 6.43. The van der Waals surface area contributed by atoms with Gasteiger partial charge in [-0.1, -0.05) is 32.6 Å². The van der Waals surface area contributed by atoms with Gasteiger partial charge in [0.2, 0.25) is 0 Å². The summed E-state index contributed by atoms with van der Waals surface area (Å²) in [6.45, 7) is 5.43. The van der Waals surface area contributed by atoms with Gasteiger partial charge in [-0.3, -0.25) is 0 Å². The second kappa shape index (κ2) is 11.6. The van der Waals surface area contributed by atoms with Gasteiger partial charge in [-0.25, -0.2) is 19.9 Å². The zero-order valence-corrected chi connectivity index (χ0v) is 22.9. The maximum Gasteiger partial charge on any atom is 0.165 e. The average molecular weight is 568 g/mol. The minimum atomic E-state index is 0.464. The highest BCUT2D eigenvalue weighted by Crippen LogP contribution is 2.42. The second-order valence-electron chi connectivity index (χ2n) is 9.07. The molecule has 4 aromatic heterocycles. The van der Waals surface area contributed by atoms with Crippen molar-refractivity contribution in [2.45, 2.75) is 45.4 Å². The molecule has 0 unspecified atom stereocenters. The summed E-state index contributed by atoms with van der Waals surface area (Å²) < 4.78 is 6.55. The highest BCUT2D eigenvalue weighted by molar-refractivity contribution is 9.10. The van der Waals surface area contributed by atoms with Crippen LogP contribution in [0, 0.1) is 0 Å². The molecule has 0 saturated carbocycles. The van der Waals surface area contributed by atoms with E-state index in [9.17, 15) is 0 Å². The number of pyridine rings is 2. The van der Waals surface area contributed by atoms with Crippen LogP contribution in [-0.4, -0.2) is 46.2 Å². The lowest BCUT2D eigenvalue weighted by Gasteiger charge is -2.27. The van der Waals surface area contributed by atoms with Gasteiger partial charge >= 0.3 is 0 Å². The van der Waals surface area contributed by atoms with Crippen LogP contribution in [0.5, 0.6) is 0 Å². The van der Waals surface area contributed by atoms with E-state index in [2.05, 4.69) is 61.3 Å². The van der Waals surface area contributed by atoms with Gasteiger partial charge in [0, 0.05) is 45.1 Å². The lowest BCUT2D eigenvalue weighted by atomic mass is 9.93. The Bertz CT molecular complexity index is 1320. The van der Waals surface area contributed by atoms with Crippen molar-refractivity contribution in [2.24, 2.45) is 0 Å². The van der Waals surface area contributed by atoms with Crippen molar-refractivity contribution >= 4 is 49.9 Å². The number of thiophene rings is 1. The van der Waals surface area contributed by atoms with Gasteiger partial charge in [0.15, 0.2) is 5.65 Å². The normalized spacial score (nSPS) is 14.0. The molecule has 0 spiro atoms. The number of fused-ring (bicyclic) bond motifs is 1. The van der Waals surface area contributed by atoms with Gasteiger partial charge in [-0.2, -0.15) is 0 Å². The Labute approximate surface area is 224 Å². The minimum Gasteiger partial charge on any atom is -0.383 e. The van der Waals surface area contributed by atoms with Gasteiger partial charge in [-0.05, 0) is 52.5 Å². The number of rotatable bonds is 9. The van der Waals surface area contributed by atoms with Crippen molar-refractivity contribution in [1.82, 2.24) is 19.9 Å². The van der Waals surface area contributed by atoms with Gasteiger partial charge < -0.3 is 15.4 Å². The Kier molecular flexibility index (Phi) is 8.09. The van der Waals surface area contributed by atoms with Crippen molar-refractivity contribution in [3.05, 3.63) is 46.1 Å². The van der Waals surface area contributed by atoms with E-state index in [1.165, 1.54) is 37.6 Å². The molecule has 188 valence electrons. The van der Waals surface area contributed by atoms with E-state index in [1.54, 1.807) is 11.3 Å². The van der Waals surface area contributed by atoms with E-state index in [0.29, 0.717) is 11.5 Å². The Morgan fingerprint density at radius 3 is 2.64 bits per heavy atom. The molecule has 0 aliphatic carbocycles. The summed E-state index contributed by atoms with van der Waals surface area (Å²) in [5.74, 6) is 1.43. The molecule has 0 bridgehead atoms. The van der Waals surface area contributed by atoms with Crippen LogP contribution in [-0.2, 0) is 11.2 Å². The molecule has 0 aromatic carbocycles. The number of aromatic nitrogens is 4. The molecule has 0 amide bonds. The first-order valence-corrected chi connectivity index (χ1v) is 14.3. The number of hydrogen-bond acceptors (Lipinski definition) is 8. The van der Waals surface area contributed by atoms with Crippen LogP contribution in [0.4, 0.5) is 11.6 Å². The molecule has 5 rings (SSSR count). The van der Waals surface area contributed by atoms with Crippen LogP contribution in [0.1, 0.15) is 44.6 Å². The van der Waals surface area contributed by atoms with Crippen LogP contribution < -0.4 is 10.6 Å². The van der Waals surface area contributed by atoms with E-state index in [1.807, 2.05) is 6.20 Å². The van der Waals surface area contributed by atoms with Crippen LogP contribution in [0.2, 0.25) is 0 Å². The average Bonchev–Trinajstić information content (AvgIpc) is 3.34. The van der Waals surface area contributed by atoms with Crippen LogP contribution >= 0.6 is 27.3 Å². The molecule has 36 heavy (non-hydrogen) atoms. The number of nitrogen functional groups attached to an aromatic ring is 1. The standard InChI is InChI=1S/C27H31BrN6OS/c1-2-3-4-5-6-7-20-23(21-14-19(28)16-36-21)24-26(29)31-17-32-27(24)33-25(20)18-8-9-22(30-15-18)34-10-12-35-13-11-34/h8-9,14-17H,2-7,10-13H2,1H3,(H2,29,31,32,33). The zero-order valence-electron chi connectivity index (χ0n) is 20.5. The highest BCUT2D eigenvalue weighted by Gasteiger charge is 2.22. The lowest BCUT2D eigenvalue weighted by Crippen LogP contribution is -2.36. The largest absolute Gasteiger partial charge is 0.383 e. The van der Waals surface area contributed by atoms with Crippen molar-refractivity contribution in [2.75, 3.05) is 36.9 Å². The van der Waals surface area contributed by atoms with Gasteiger partial charge in [-0.15, -0.1) is 11.3 Å². The molecule has 0 atom stereocenters. The van der Waals surface area contributed by atoms with Crippen molar-refractivity contribution in [3.63, 3.8) is 0 Å². The SMILES string of the molecule is CCCCCCCc1c(-c2ccc(N3CCOCC3)nc2)nc2ncnc(N)c2c1-c1cc(Br)cs1. The summed E-state index contributed by atoms with van der Waals surface area (Å²) in [6, 6.07) is 6.37. The molecular weight excluding hydrogens is 536 g/mol. The molecule has 9 heteroatoms. The molecule has 1 aliphatic heterocycles. The quantitative estimate of drug-likeness (QED) is 0.231. The molecule has 4 aromatic rings. The number of hydrogen-bond donors (Lipinski definition) is 1. The molecular formula is C27H31BrN6OS. The number of anilines is 2. The van der Waals surface area contributed by atoms with Crippen LogP contribution in [0.15, 0.2) is 40.6 Å². The number of ether oxygens (including phenoxy) is 1. The molecule has 7 nitrogen and oxygen atoms in total. The first-order chi connectivity index (χ1) is 17.7. The van der Waals surface area contributed by atoms with Crippen LogP contribution in [0.3, 0.4) is 0 Å². The summed E-state index contributed by atoms with van der Waals surface area (Å²) in [6.07, 6.45) is 10.4. The fraction of sp³-hybridized carbons (Fsp3) is 0.407. The third kappa shape index (κ3) is 5.38. The molecule has 1 fully saturated rings. The number of morpholine rings is 1. The Morgan fingerprint density at radius 2 is 1.92 bits per heavy atom. The zero-order chi connectivity index (χ0) is 24.9. The molecule has 0 radical (unpaired) electrons. The summed E-state index contributed by atoms with van der Waals surface area (Å²) in [7, 11) is 0. The fourth-order valence-corrected chi connectivity index (χ4v) is 6.27. The Hall–Kier alpha value is -2.62. The van der Waals surface area contributed by atoms with E-state index in [4.69, 9.17) is 20.4 Å². The number of nitrogens with two attached hydrogens (primary N) is 1. The van der Waals surface area contributed by atoms with Gasteiger partial charge in [0.1, 0.15) is 18.0 Å². The lowest BCUT2D eigenvalue weighted by molar-refractivity contribution is 0.122. The van der Waals surface area contributed by atoms with E-state index in [-0.39, 0.29) is 0 Å². The third-order valence-corrected chi connectivity index (χ3v) is 8.32. The number of nitrogens with zero attached hydrogens (tertiary/aromatic N) is 5. The van der Waals surface area contributed by atoms with Crippen molar-refractivity contribution in [3.8, 4) is 21.7 Å². The Morgan fingerprint density at radius 1 is 1.08 bits per heavy atom. The summed E-state index contributed by atoms with van der Waals surface area (Å²) >= 11 is 5.33. The first kappa shape index (κ1) is 25.0. The van der Waals surface area contributed by atoms with Crippen molar-refractivity contribution < 1.29 is 4.74 Å². The monoisotopic (exact) mass is 566 g/mol. The second-order valence-corrected chi connectivity index (χ2v) is 10.9. The summed E-state index contributed by atoms with van der Waals surface area (Å²) in [5.41, 5.74) is 11.2. The first-order valence-electron chi connectivity index (χ1n) is 12.6. The third-order valence-electron chi connectivity index (χ3n) is 6.61. The predicted octanol–water partition coefficient (Wildman–Crippen LogP) is 6.51. The van der Waals surface area contributed by atoms with Crippen LogP contribution in [0.25, 0.3) is 32.7 Å². The minimum absolute atomic E-state index is 0.464. The highest BCUT2D eigenvalue weighted by atomic mass is 79.9. The Balaban J connectivity index is 1.62. The number of halogens is 1. The maximum absolute atomic E-state index is 6.43. The fourth-order valence-electron chi connectivity index (χ4n) is 4.77. The summed E-state index contributed by atoms with van der Waals surface area (Å²) in [4.78, 5) is 22.1. The molecule has 1 saturated heterocycles. The van der Waals surface area contributed by atoms with E-state index >= 15 is 0 Å². The molecule has 5 heterocycles. The van der Waals surface area contributed by atoms with Gasteiger partial charge in [0.25, 0.3) is 0 Å². The van der Waals surface area contributed by atoms with E-state index in [0.717, 1.165) is 76.5 Å². The predicted molar refractivity (Wildman–Crippen MR) is 151 cm³/mol.